The summed E-state index contributed by atoms with van der Waals surface area (Å²) in [4.78, 5) is 2.67. The molecule has 1 N–H and O–H groups in total. The largest absolute Gasteiger partial charge is 0.381 e. The molecular weight excluding hydrogens is 232 g/mol. The van der Waals surface area contributed by atoms with E-state index in [1.54, 1.807) is 0 Å². The SMILES string of the molecule is CCNCC1(CN2CCSCC2)CCOCC1. The van der Waals surface area contributed by atoms with Crippen molar-refractivity contribution in [1.82, 2.24) is 10.2 Å². The molecule has 0 atom stereocenters. The van der Waals surface area contributed by atoms with E-state index in [-0.39, 0.29) is 0 Å². The second kappa shape index (κ2) is 6.98. The summed E-state index contributed by atoms with van der Waals surface area (Å²) in [5.74, 6) is 2.63. The van der Waals surface area contributed by atoms with E-state index in [1.807, 2.05) is 0 Å². The molecule has 2 aliphatic rings. The van der Waals surface area contributed by atoms with E-state index in [0.29, 0.717) is 5.41 Å². The van der Waals surface area contributed by atoms with Gasteiger partial charge in [-0.2, -0.15) is 11.8 Å². The highest BCUT2D eigenvalue weighted by Gasteiger charge is 2.34. The number of ether oxygens (including phenoxy) is 1. The van der Waals surface area contributed by atoms with Crippen LogP contribution in [0.2, 0.25) is 0 Å². The minimum Gasteiger partial charge on any atom is -0.381 e. The normalized spacial score (nSPS) is 25.9. The van der Waals surface area contributed by atoms with Crippen molar-refractivity contribution in [3.8, 4) is 0 Å². The van der Waals surface area contributed by atoms with Crippen molar-refractivity contribution >= 4 is 11.8 Å². The Hall–Kier alpha value is 0.230. The van der Waals surface area contributed by atoms with E-state index in [4.69, 9.17) is 4.74 Å². The van der Waals surface area contributed by atoms with E-state index in [1.165, 1.54) is 44.0 Å². The Bertz CT molecular complexity index is 213. The number of rotatable bonds is 5. The number of hydrogen-bond donors (Lipinski definition) is 1. The van der Waals surface area contributed by atoms with E-state index in [0.717, 1.165) is 26.3 Å². The van der Waals surface area contributed by atoms with Crippen LogP contribution < -0.4 is 5.32 Å². The molecule has 0 radical (unpaired) electrons. The van der Waals surface area contributed by atoms with Crippen LogP contribution in [0, 0.1) is 5.41 Å². The molecule has 17 heavy (non-hydrogen) atoms. The molecule has 4 heteroatoms. The molecule has 0 amide bonds. The molecule has 2 saturated heterocycles. The average molecular weight is 258 g/mol. The van der Waals surface area contributed by atoms with Gasteiger partial charge in [-0.1, -0.05) is 6.92 Å². The lowest BCUT2D eigenvalue weighted by Crippen LogP contribution is -2.49. The van der Waals surface area contributed by atoms with E-state index >= 15 is 0 Å². The predicted octanol–water partition coefficient (Wildman–Crippen LogP) is 1.44. The lowest BCUT2D eigenvalue weighted by Gasteiger charge is -2.42. The first-order valence-electron chi connectivity index (χ1n) is 6.93. The van der Waals surface area contributed by atoms with Crippen LogP contribution >= 0.6 is 11.8 Å². The Morgan fingerprint density at radius 3 is 2.59 bits per heavy atom. The highest BCUT2D eigenvalue weighted by Crippen LogP contribution is 2.31. The van der Waals surface area contributed by atoms with Crippen molar-refractivity contribution < 1.29 is 4.74 Å². The second-order valence-corrected chi connectivity index (χ2v) is 6.51. The number of thioether (sulfide) groups is 1. The monoisotopic (exact) mass is 258 g/mol. The Morgan fingerprint density at radius 2 is 1.94 bits per heavy atom. The lowest BCUT2D eigenvalue weighted by molar-refractivity contribution is -0.00269. The fraction of sp³-hybridized carbons (Fsp3) is 1.00. The molecular formula is C13H26N2OS. The number of hydrogen-bond acceptors (Lipinski definition) is 4. The third-order valence-electron chi connectivity index (χ3n) is 3.97. The minimum absolute atomic E-state index is 0.469. The average Bonchev–Trinajstić information content (AvgIpc) is 2.39. The summed E-state index contributed by atoms with van der Waals surface area (Å²) in [6.45, 7) is 10.2. The molecule has 2 aliphatic heterocycles. The molecule has 2 fully saturated rings. The maximum absolute atomic E-state index is 5.54. The van der Waals surface area contributed by atoms with Gasteiger partial charge in [-0.05, 0) is 24.8 Å². The summed E-state index contributed by atoms with van der Waals surface area (Å²) < 4.78 is 5.54. The molecule has 0 bridgehead atoms. The van der Waals surface area contributed by atoms with Gasteiger partial charge in [-0.15, -0.1) is 0 Å². The van der Waals surface area contributed by atoms with Gasteiger partial charge in [0.1, 0.15) is 0 Å². The maximum Gasteiger partial charge on any atom is 0.0472 e. The smallest absolute Gasteiger partial charge is 0.0472 e. The van der Waals surface area contributed by atoms with Crippen molar-refractivity contribution in [2.24, 2.45) is 5.41 Å². The number of nitrogens with one attached hydrogen (secondary N) is 1. The molecule has 0 aromatic rings. The van der Waals surface area contributed by atoms with E-state index in [2.05, 4.69) is 28.9 Å². The Kier molecular flexibility index (Phi) is 5.60. The molecule has 2 heterocycles. The first-order valence-corrected chi connectivity index (χ1v) is 8.09. The summed E-state index contributed by atoms with van der Waals surface area (Å²) in [6, 6.07) is 0. The molecule has 0 aliphatic carbocycles. The van der Waals surface area contributed by atoms with Gasteiger partial charge in [-0.3, -0.25) is 0 Å². The van der Waals surface area contributed by atoms with Crippen LogP contribution in [0.15, 0.2) is 0 Å². The molecule has 100 valence electrons. The van der Waals surface area contributed by atoms with Crippen LogP contribution in [0.5, 0.6) is 0 Å². The van der Waals surface area contributed by atoms with Crippen LogP contribution in [-0.2, 0) is 4.74 Å². The standard InChI is InChI=1S/C13H26N2OS/c1-2-14-11-13(3-7-16-8-4-13)12-15-5-9-17-10-6-15/h14H,2-12H2,1H3. The van der Waals surface area contributed by atoms with Crippen molar-refractivity contribution in [3.63, 3.8) is 0 Å². The third kappa shape index (κ3) is 4.12. The van der Waals surface area contributed by atoms with Crippen LogP contribution in [0.4, 0.5) is 0 Å². The lowest BCUT2D eigenvalue weighted by atomic mass is 9.79. The number of nitrogens with zero attached hydrogens (tertiary/aromatic N) is 1. The zero-order valence-corrected chi connectivity index (χ0v) is 11.9. The highest BCUT2D eigenvalue weighted by atomic mass is 32.2. The summed E-state index contributed by atoms with van der Waals surface area (Å²) >= 11 is 2.10. The van der Waals surface area contributed by atoms with Gasteiger partial charge in [0.05, 0.1) is 0 Å². The second-order valence-electron chi connectivity index (χ2n) is 5.28. The third-order valence-corrected chi connectivity index (χ3v) is 4.91. The van der Waals surface area contributed by atoms with Crippen LogP contribution in [0.25, 0.3) is 0 Å². The Balaban J connectivity index is 1.88. The first-order chi connectivity index (χ1) is 8.35. The van der Waals surface area contributed by atoms with E-state index < -0.39 is 0 Å². The summed E-state index contributed by atoms with van der Waals surface area (Å²) in [6.07, 6.45) is 2.45. The van der Waals surface area contributed by atoms with Crippen molar-refractivity contribution in [1.29, 1.82) is 0 Å². The van der Waals surface area contributed by atoms with Gasteiger partial charge in [0.25, 0.3) is 0 Å². The van der Waals surface area contributed by atoms with Crippen LogP contribution in [0.1, 0.15) is 19.8 Å². The van der Waals surface area contributed by atoms with Gasteiger partial charge >= 0.3 is 0 Å². The van der Waals surface area contributed by atoms with Gasteiger partial charge in [0.15, 0.2) is 0 Å². The minimum atomic E-state index is 0.469. The van der Waals surface area contributed by atoms with Gasteiger partial charge < -0.3 is 15.0 Å². The zero-order chi connectivity index (χ0) is 12.0. The fourth-order valence-electron chi connectivity index (χ4n) is 2.82. The quantitative estimate of drug-likeness (QED) is 0.806. The van der Waals surface area contributed by atoms with Gasteiger partial charge in [0, 0.05) is 50.9 Å². The van der Waals surface area contributed by atoms with Crippen molar-refractivity contribution in [2.75, 3.05) is 57.4 Å². The summed E-state index contributed by atoms with van der Waals surface area (Å²) in [5, 5.41) is 3.56. The van der Waals surface area contributed by atoms with Crippen molar-refractivity contribution in [3.05, 3.63) is 0 Å². The molecule has 0 saturated carbocycles. The topological polar surface area (TPSA) is 24.5 Å². The maximum atomic E-state index is 5.54. The summed E-state index contributed by atoms with van der Waals surface area (Å²) in [5.41, 5.74) is 0.469. The molecule has 2 rings (SSSR count). The molecule has 0 aromatic heterocycles. The van der Waals surface area contributed by atoms with E-state index in [9.17, 15) is 0 Å². The molecule has 0 unspecified atom stereocenters. The molecule has 0 spiro atoms. The van der Waals surface area contributed by atoms with Gasteiger partial charge in [-0.25, -0.2) is 0 Å². The molecule has 0 aromatic carbocycles. The summed E-state index contributed by atoms with van der Waals surface area (Å²) in [7, 11) is 0. The Labute approximate surface area is 110 Å². The van der Waals surface area contributed by atoms with Gasteiger partial charge in [0.2, 0.25) is 0 Å². The van der Waals surface area contributed by atoms with Crippen LogP contribution in [-0.4, -0.2) is 62.3 Å². The predicted molar refractivity (Wildman–Crippen MR) is 74.8 cm³/mol. The van der Waals surface area contributed by atoms with Crippen molar-refractivity contribution in [2.45, 2.75) is 19.8 Å². The Morgan fingerprint density at radius 1 is 1.24 bits per heavy atom. The highest BCUT2D eigenvalue weighted by molar-refractivity contribution is 7.99. The zero-order valence-electron chi connectivity index (χ0n) is 11.0. The van der Waals surface area contributed by atoms with Crippen LogP contribution in [0.3, 0.4) is 0 Å². The first kappa shape index (κ1) is 13.7. The molecule has 3 nitrogen and oxygen atoms in total. The fourth-order valence-corrected chi connectivity index (χ4v) is 3.80.